The van der Waals surface area contributed by atoms with E-state index in [9.17, 15) is 18.0 Å². The monoisotopic (exact) mass is 229 g/mol. The molecule has 1 amide bonds. The van der Waals surface area contributed by atoms with Crippen LogP contribution in [0.3, 0.4) is 0 Å². The number of hydrogen-bond acceptors (Lipinski definition) is 4. The van der Waals surface area contributed by atoms with Crippen LogP contribution in [-0.4, -0.2) is 30.0 Å². The average Bonchev–Trinajstić information content (AvgIpc) is 2.54. The zero-order valence-electron chi connectivity index (χ0n) is 7.08. The maximum Gasteiger partial charge on any atom is 0.490 e. The molecule has 0 bridgehead atoms. The van der Waals surface area contributed by atoms with Crippen LogP contribution in [0.1, 0.15) is 0 Å². The molecule has 9 heteroatoms. The van der Waals surface area contributed by atoms with Gasteiger partial charge in [0.1, 0.15) is 6.26 Å². The third-order valence-electron chi connectivity index (χ3n) is 0.958. The Morgan fingerprint density at radius 3 is 2.07 bits per heavy atom. The number of carboxylic acids is 1. The van der Waals surface area contributed by atoms with Gasteiger partial charge in [0.05, 0.1) is 0 Å². The maximum absolute atomic E-state index is 10.6. The van der Waals surface area contributed by atoms with Crippen molar-refractivity contribution < 1.29 is 37.3 Å². The molecular formula is C6H6F3NO5. The van der Waals surface area contributed by atoms with Crippen LogP contribution < -0.4 is 5.73 Å². The highest BCUT2D eigenvalue weighted by atomic mass is 19.4. The molecule has 1 rings (SSSR count). The van der Waals surface area contributed by atoms with Crippen molar-refractivity contribution in [3.8, 4) is 0 Å². The van der Waals surface area contributed by atoms with E-state index in [-0.39, 0.29) is 12.6 Å². The van der Waals surface area contributed by atoms with E-state index in [0.717, 1.165) is 0 Å². The second-order valence-electron chi connectivity index (χ2n) is 2.08. The summed E-state index contributed by atoms with van der Waals surface area (Å²) in [6, 6.07) is 0. The predicted molar refractivity (Wildman–Crippen MR) is 38.0 cm³/mol. The van der Waals surface area contributed by atoms with Crippen LogP contribution >= 0.6 is 0 Å². The normalized spacial score (nSPS) is 13.9. The standard InChI is InChI=1S/C4H5NO3.C2HF3O2/c5-4(6)3-1-7-2-8-3;3-2(4,5)1(6)7/h1H,2H2,(H2,5,6);(H,6,7). The maximum atomic E-state index is 10.6. The number of carbonyl (C=O) groups is 2. The third kappa shape index (κ3) is 5.39. The number of aliphatic carboxylic acids is 1. The summed E-state index contributed by atoms with van der Waals surface area (Å²) in [5.74, 6) is -3.26. The van der Waals surface area contributed by atoms with Gasteiger partial charge in [0, 0.05) is 0 Å². The number of halogens is 3. The van der Waals surface area contributed by atoms with E-state index in [1.54, 1.807) is 0 Å². The molecular weight excluding hydrogens is 223 g/mol. The van der Waals surface area contributed by atoms with Crippen LogP contribution in [-0.2, 0) is 19.1 Å². The van der Waals surface area contributed by atoms with E-state index >= 15 is 0 Å². The molecule has 15 heavy (non-hydrogen) atoms. The van der Waals surface area contributed by atoms with Crippen LogP contribution in [0, 0.1) is 0 Å². The summed E-state index contributed by atoms with van der Waals surface area (Å²) < 4.78 is 40.8. The number of nitrogens with two attached hydrogens (primary N) is 1. The molecule has 0 radical (unpaired) electrons. The Balaban J connectivity index is 0.000000265. The lowest BCUT2D eigenvalue weighted by Gasteiger charge is -1.93. The quantitative estimate of drug-likeness (QED) is 0.656. The molecule has 0 aromatic heterocycles. The molecule has 0 spiro atoms. The van der Waals surface area contributed by atoms with Crippen LogP contribution in [0.2, 0.25) is 0 Å². The van der Waals surface area contributed by atoms with E-state index in [2.05, 4.69) is 9.47 Å². The van der Waals surface area contributed by atoms with E-state index < -0.39 is 18.1 Å². The number of alkyl halides is 3. The van der Waals surface area contributed by atoms with Gasteiger partial charge >= 0.3 is 12.1 Å². The van der Waals surface area contributed by atoms with Gasteiger partial charge in [-0.3, -0.25) is 4.79 Å². The highest BCUT2D eigenvalue weighted by Crippen LogP contribution is 2.13. The Labute approximate surface area is 81.1 Å². The van der Waals surface area contributed by atoms with Gasteiger partial charge in [0.2, 0.25) is 12.6 Å². The van der Waals surface area contributed by atoms with Crippen LogP contribution in [0.15, 0.2) is 12.0 Å². The Kier molecular flexibility index (Phi) is 4.42. The number of primary amides is 1. The molecule has 0 saturated heterocycles. The summed E-state index contributed by atoms with van der Waals surface area (Å²) >= 11 is 0. The number of carbonyl (C=O) groups excluding carboxylic acids is 1. The molecule has 0 aromatic carbocycles. The van der Waals surface area contributed by atoms with Gasteiger partial charge in [-0.15, -0.1) is 0 Å². The van der Waals surface area contributed by atoms with Gasteiger partial charge in [-0.2, -0.15) is 13.2 Å². The smallest absolute Gasteiger partial charge is 0.475 e. The third-order valence-corrected chi connectivity index (χ3v) is 0.958. The zero-order valence-corrected chi connectivity index (χ0v) is 7.08. The predicted octanol–water partition coefficient (Wildman–Crippen LogP) is -0.0493. The van der Waals surface area contributed by atoms with Gasteiger partial charge in [-0.25, -0.2) is 4.79 Å². The second kappa shape index (κ2) is 5.08. The number of rotatable bonds is 1. The van der Waals surface area contributed by atoms with Crippen molar-refractivity contribution in [1.82, 2.24) is 0 Å². The lowest BCUT2D eigenvalue weighted by Crippen LogP contribution is -2.21. The summed E-state index contributed by atoms with van der Waals surface area (Å²) in [6.07, 6.45) is -3.89. The summed E-state index contributed by atoms with van der Waals surface area (Å²) in [5, 5.41) is 7.12. The number of hydrogen-bond donors (Lipinski definition) is 2. The molecule has 3 N–H and O–H groups in total. The molecule has 0 aliphatic carbocycles. The van der Waals surface area contributed by atoms with Crippen LogP contribution in [0.4, 0.5) is 13.2 Å². The number of carboxylic acid groups (broad SMARTS) is 1. The summed E-state index contributed by atoms with van der Waals surface area (Å²) in [4.78, 5) is 19.0. The molecule has 6 nitrogen and oxygen atoms in total. The fraction of sp³-hybridized carbons (Fsp3) is 0.333. The summed E-state index contributed by atoms with van der Waals surface area (Å²) in [6.45, 7) is 0.0955. The molecule has 0 fully saturated rings. The first kappa shape index (κ1) is 13.1. The van der Waals surface area contributed by atoms with Crippen molar-refractivity contribution in [3.63, 3.8) is 0 Å². The lowest BCUT2D eigenvalue weighted by molar-refractivity contribution is -0.192. The van der Waals surface area contributed by atoms with E-state index in [4.69, 9.17) is 15.6 Å². The Morgan fingerprint density at radius 1 is 1.47 bits per heavy atom. The van der Waals surface area contributed by atoms with Crippen LogP contribution in [0.5, 0.6) is 0 Å². The number of amides is 1. The fourth-order valence-corrected chi connectivity index (χ4v) is 0.370. The molecule has 0 atom stereocenters. The second-order valence-corrected chi connectivity index (χ2v) is 2.08. The van der Waals surface area contributed by atoms with E-state index in [1.165, 1.54) is 6.26 Å². The Hall–Kier alpha value is -1.93. The summed E-state index contributed by atoms with van der Waals surface area (Å²) in [7, 11) is 0. The molecule has 1 aliphatic rings. The highest BCUT2D eigenvalue weighted by molar-refractivity contribution is 5.89. The number of ether oxygens (including phenoxy) is 2. The molecule has 0 unspecified atom stereocenters. The van der Waals surface area contributed by atoms with Crippen molar-refractivity contribution in [1.29, 1.82) is 0 Å². The van der Waals surface area contributed by atoms with Gasteiger partial charge in [0.25, 0.3) is 5.91 Å². The van der Waals surface area contributed by atoms with Gasteiger partial charge in [-0.1, -0.05) is 0 Å². The summed E-state index contributed by atoms with van der Waals surface area (Å²) in [5.41, 5.74) is 4.79. The molecule has 1 aliphatic heterocycles. The minimum Gasteiger partial charge on any atom is -0.475 e. The van der Waals surface area contributed by atoms with Crippen LogP contribution in [0.25, 0.3) is 0 Å². The lowest BCUT2D eigenvalue weighted by atomic mass is 10.5. The molecule has 0 saturated carbocycles. The van der Waals surface area contributed by atoms with Crippen molar-refractivity contribution in [2.24, 2.45) is 5.73 Å². The van der Waals surface area contributed by atoms with Gasteiger partial charge < -0.3 is 20.3 Å². The van der Waals surface area contributed by atoms with Crippen molar-refractivity contribution in [3.05, 3.63) is 12.0 Å². The topological polar surface area (TPSA) is 98.9 Å². The van der Waals surface area contributed by atoms with Crippen molar-refractivity contribution in [2.75, 3.05) is 6.79 Å². The van der Waals surface area contributed by atoms with E-state index in [0.29, 0.717) is 0 Å². The fourth-order valence-electron chi connectivity index (χ4n) is 0.370. The molecule has 1 heterocycles. The minimum absolute atomic E-state index is 0.0880. The first-order valence-electron chi connectivity index (χ1n) is 3.29. The first-order chi connectivity index (χ1) is 6.75. The van der Waals surface area contributed by atoms with Crippen molar-refractivity contribution >= 4 is 11.9 Å². The molecule has 0 aromatic rings. The van der Waals surface area contributed by atoms with Crippen molar-refractivity contribution in [2.45, 2.75) is 6.18 Å². The SMILES string of the molecule is NC(=O)C1=COCO1.O=C(O)C(F)(F)F. The van der Waals surface area contributed by atoms with Gasteiger partial charge in [-0.05, 0) is 0 Å². The molecule has 86 valence electrons. The first-order valence-corrected chi connectivity index (χ1v) is 3.29. The average molecular weight is 229 g/mol. The van der Waals surface area contributed by atoms with E-state index in [1.807, 2.05) is 0 Å². The Morgan fingerprint density at radius 2 is 1.93 bits per heavy atom. The minimum atomic E-state index is -5.08. The van der Waals surface area contributed by atoms with Gasteiger partial charge in [0.15, 0.2) is 0 Å². The Bertz CT molecular complexity index is 285. The largest absolute Gasteiger partial charge is 0.490 e. The highest BCUT2D eigenvalue weighted by Gasteiger charge is 2.38. The zero-order chi connectivity index (χ0) is 12.1.